The Hall–Kier alpha value is -0.120. The predicted octanol–water partition coefficient (Wildman–Crippen LogP) is 4.80. The molecule has 1 saturated carbocycles. The third-order valence-electron chi connectivity index (χ3n) is 4.31. The maximum Gasteiger partial charge on any atom is 0.216 e. The van der Waals surface area contributed by atoms with Gasteiger partial charge in [-0.05, 0) is 24.7 Å². The van der Waals surface area contributed by atoms with E-state index < -0.39 is 0 Å². The largest absolute Gasteiger partial charge is 0.264 e. The van der Waals surface area contributed by atoms with Crippen LogP contribution in [0.5, 0.6) is 0 Å². The van der Waals surface area contributed by atoms with Crippen molar-refractivity contribution >= 4 is 15.9 Å². The minimum absolute atomic E-state index is 0.0418. The highest BCUT2D eigenvalue weighted by Gasteiger charge is 2.32. The van der Waals surface area contributed by atoms with E-state index in [0.717, 1.165) is 31.0 Å². The first kappa shape index (κ1) is 15.9. The summed E-state index contributed by atoms with van der Waals surface area (Å²) >= 11 is 3.47. The zero-order valence-electron chi connectivity index (χ0n) is 11.7. The van der Waals surface area contributed by atoms with Crippen molar-refractivity contribution < 1.29 is 4.92 Å². The lowest BCUT2D eigenvalue weighted by Crippen LogP contribution is -2.31. The molecule has 0 N–H and O–H groups in total. The SMILES string of the molecule is CC1(C)CCCCCCC(CBr)C([N+](=O)[O-])CC1. The van der Waals surface area contributed by atoms with E-state index in [9.17, 15) is 10.1 Å². The highest BCUT2D eigenvalue weighted by atomic mass is 79.9. The Morgan fingerprint density at radius 1 is 1.17 bits per heavy atom. The number of nitro groups is 1. The summed E-state index contributed by atoms with van der Waals surface area (Å²) in [4.78, 5) is 11.2. The normalized spacial score (nSPS) is 30.4. The molecule has 2 atom stereocenters. The monoisotopic (exact) mass is 319 g/mol. The van der Waals surface area contributed by atoms with Gasteiger partial charge in [0.05, 0.1) is 0 Å². The number of hydrogen-bond acceptors (Lipinski definition) is 2. The highest BCUT2D eigenvalue weighted by molar-refractivity contribution is 9.09. The van der Waals surface area contributed by atoms with Crippen LogP contribution in [0.1, 0.15) is 65.2 Å². The molecule has 0 aromatic carbocycles. The van der Waals surface area contributed by atoms with E-state index in [0.29, 0.717) is 0 Å². The van der Waals surface area contributed by atoms with Gasteiger partial charge in [0, 0.05) is 22.6 Å². The lowest BCUT2D eigenvalue weighted by atomic mass is 9.80. The van der Waals surface area contributed by atoms with Crippen molar-refractivity contribution in [3.8, 4) is 0 Å². The number of rotatable bonds is 2. The molecular formula is C14H26BrNO2. The minimum Gasteiger partial charge on any atom is -0.264 e. The van der Waals surface area contributed by atoms with Crippen LogP contribution in [0.2, 0.25) is 0 Å². The maximum atomic E-state index is 11.3. The molecule has 0 aromatic rings. The predicted molar refractivity (Wildman–Crippen MR) is 78.8 cm³/mol. The Bertz CT molecular complexity index is 269. The van der Waals surface area contributed by atoms with Crippen LogP contribution >= 0.6 is 15.9 Å². The van der Waals surface area contributed by atoms with Gasteiger partial charge in [-0.3, -0.25) is 10.1 Å². The molecule has 0 aliphatic heterocycles. The van der Waals surface area contributed by atoms with Gasteiger partial charge in [0.2, 0.25) is 6.04 Å². The van der Waals surface area contributed by atoms with Crippen LogP contribution in [-0.4, -0.2) is 16.3 Å². The Morgan fingerprint density at radius 3 is 2.44 bits per heavy atom. The first-order valence-corrected chi connectivity index (χ1v) is 8.28. The fraction of sp³-hybridized carbons (Fsp3) is 1.00. The van der Waals surface area contributed by atoms with E-state index in [-0.39, 0.29) is 22.3 Å². The number of halogens is 1. The quantitative estimate of drug-likeness (QED) is 0.416. The van der Waals surface area contributed by atoms with E-state index in [4.69, 9.17) is 0 Å². The van der Waals surface area contributed by atoms with Crippen molar-refractivity contribution in [2.24, 2.45) is 11.3 Å². The molecule has 0 bridgehead atoms. The number of nitrogens with zero attached hydrogens (tertiary/aromatic N) is 1. The topological polar surface area (TPSA) is 43.1 Å². The van der Waals surface area contributed by atoms with Gasteiger partial charge >= 0.3 is 0 Å². The molecule has 106 valence electrons. The lowest BCUT2D eigenvalue weighted by Gasteiger charge is -2.26. The van der Waals surface area contributed by atoms with Gasteiger partial charge in [-0.2, -0.15) is 0 Å². The van der Waals surface area contributed by atoms with Crippen molar-refractivity contribution in [1.29, 1.82) is 0 Å². The van der Waals surface area contributed by atoms with E-state index in [1.165, 1.54) is 25.7 Å². The second-order valence-electron chi connectivity index (χ2n) is 6.42. The standard InChI is InChI=1S/C14H26BrNO2/c1-14(2)9-6-4-3-5-7-12(11-15)13(8-10-14)16(17)18/h12-13H,3-11H2,1-2H3. The molecule has 18 heavy (non-hydrogen) atoms. The average Bonchev–Trinajstić information content (AvgIpc) is 2.32. The van der Waals surface area contributed by atoms with Gasteiger partial charge in [0.1, 0.15) is 0 Å². The number of alkyl halides is 1. The molecule has 2 unspecified atom stereocenters. The summed E-state index contributed by atoms with van der Waals surface area (Å²) in [5.41, 5.74) is 0.259. The minimum atomic E-state index is -0.359. The van der Waals surface area contributed by atoms with Gasteiger partial charge in [-0.25, -0.2) is 0 Å². The molecule has 3 nitrogen and oxygen atoms in total. The summed E-state index contributed by atoms with van der Waals surface area (Å²) in [6, 6.07) is -0.359. The molecule has 1 fully saturated rings. The fourth-order valence-corrected chi connectivity index (χ4v) is 3.67. The number of hydrogen-bond donors (Lipinski definition) is 0. The van der Waals surface area contributed by atoms with Crippen LogP contribution in [0.15, 0.2) is 0 Å². The van der Waals surface area contributed by atoms with Gasteiger partial charge in [0.25, 0.3) is 0 Å². The van der Waals surface area contributed by atoms with E-state index in [2.05, 4.69) is 29.8 Å². The van der Waals surface area contributed by atoms with Crippen LogP contribution in [0.3, 0.4) is 0 Å². The molecule has 1 rings (SSSR count). The zero-order chi connectivity index (χ0) is 13.6. The second kappa shape index (κ2) is 7.46. The van der Waals surface area contributed by atoms with Gasteiger partial charge < -0.3 is 0 Å². The first-order chi connectivity index (χ1) is 8.46. The fourth-order valence-electron chi connectivity index (χ4n) is 2.91. The molecule has 0 amide bonds. The Labute approximate surface area is 119 Å². The summed E-state index contributed by atoms with van der Waals surface area (Å²) < 4.78 is 0. The van der Waals surface area contributed by atoms with Crippen LogP contribution in [0.25, 0.3) is 0 Å². The van der Waals surface area contributed by atoms with Crippen molar-refractivity contribution in [1.82, 2.24) is 0 Å². The molecule has 0 heterocycles. The average molecular weight is 320 g/mol. The smallest absolute Gasteiger partial charge is 0.216 e. The van der Waals surface area contributed by atoms with Crippen LogP contribution in [-0.2, 0) is 0 Å². The summed E-state index contributed by atoms with van der Waals surface area (Å²) in [6.07, 6.45) is 8.83. The summed E-state index contributed by atoms with van der Waals surface area (Å²) in [5.74, 6) is 0.203. The van der Waals surface area contributed by atoms with Gasteiger partial charge in [0.15, 0.2) is 0 Å². The molecule has 0 spiro atoms. The van der Waals surface area contributed by atoms with Crippen LogP contribution in [0, 0.1) is 21.4 Å². The highest BCUT2D eigenvalue weighted by Crippen LogP contribution is 2.33. The van der Waals surface area contributed by atoms with E-state index in [1.807, 2.05) is 0 Å². The molecule has 1 aliphatic carbocycles. The zero-order valence-corrected chi connectivity index (χ0v) is 13.2. The lowest BCUT2D eigenvalue weighted by molar-refractivity contribution is -0.532. The van der Waals surface area contributed by atoms with Crippen LogP contribution < -0.4 is 0 Å². The Balaban J connectivity index is 2.72. The molecule has 0 saturated heterocycles. The van der Waals surface area contributed by atoms with Gasteiger partial charge in [-0.1, -0.05) is 55.5 Å². The second-order valence-corrected chi connectivity index (χ2v) is 7.07. The van der Waals surface area contributed by atoms with E-state index >= 15 is 0 Å². The molecule has 0 radical (unpaired) electrons. The van der Waals surface area contributed by atoms with Crippen molar-refractivity contribution in [2.75, 3.05) is 5.33 Å². The maximum absolute atomic E-state index is 11.3. The summed E-state index contributed by atoms with van der Waals surface area (Å²) in [6.45, 7) is 4.51. The van der Waals surface area contributed by atoms with E-state index in [1.54, 1.807) is 0 Å². The molecule has 0 aromatic heterocycles. The molecule has 4 heteroatoms. The van der Waals surface area contributed by atoms with Crippen molar-refractivity contribution in [3.05, 3.63) is 10.1 Å². The third-order valence-corrected chi connectivity index (χ3v) is 5.14. The summed E-state index contributed by atoms with van der Waals surface area (Å²) in [5, 5.41) is 12.0. The molecular weight excluding hydrogens is 294 g/mol. The third kappa shape index (κ3) is 5.25. The van der Waals surface area contributed by atoms with Crippen molar-refractivity contribution in [2.45, 2.75) is 71.3 Å². The Morgan fingerprint density at radius 2 is 1.83 bits per heavy atom. The summed E-state index contributed by atoms with van der Waals surface area (Å²) in [7, 11) is 0. The molecule has 1 aliphatic rings. The Kier molecular flexibility index (Phi) is 6.61. The first-order valence-electron chi connectivity index (χ1n) is 7.16. The van der Waals surface area contributed by atoms with Crippen molar-refractivity contribution in [3.63, 3.8) is 0 Å². The van der Waals surface area contributed by atoms with Gasteiger partial charge in [-0.15, -0.1) is 0 Å². The van der Waals surface area contributed by atoms with Crippen LogP contribution in [0.4, 0.5) is 0 Å².